The van der Waals surface area contributed by atoms with E-state index in [4.69, 9.17) is 9.72 Å². The summed E-state index contributed by atoms with van der Waals surface area (Å²) in [6, 6.07) is 11.1. The number of methoxy groups -OCH3 is 1. The Morgan fingerprint density at radius 1 is 1.02 bits per heavy atom. The Kier molecular flexibility index (Phi) is 9.56. The van der Waals surface area contributed by atoms with Crippen LogP contribution in [0.3, 0.4) is 0 Å². The van der Waals surface area contributed by atoms with Gasteiger partial charge in [0.1, 0.15) is 11.6 Å². The van der Waals surface area contributed by atoms with Crippen molar-refractivity contribution in [3.63, 3.8) is 0 Å². The molecule has 0 radical (unpaired) electrons. The van der Waals surface area contributed by atoms with Crippen molar-refractivity contribution in [2.45, 2.75) is 116 Å². The average Bonchev–Trinajstić information content (AvgIpc) is 3.59. The second-order valence-corrected chi connectivity index (χ2v) is 15.5. The van der Waals surface area contributed by atoms with E-state index in [0.717, 1.165) is 91.2 Å². The molecule has 4 fully saturated rings. The lowest BCUT2D eigenvalue weighted by Gasteiger charge is -2.55. The molecule has 2 bridgehead atoms. The number of benzene rings is 1. The standard InChI is InChI=1S/C38H50N4O3S/c1-6-34(43)41-30-10-7-27(8-11-30)36(44)42(33-22-28(13-20-39-33)32-23-40-35(46-32)25(2)3)24-37-14-17-38(18-15-37,19-16-37)29-9-12-31(45-5)26(4)21-29/h9,12-13,20-23,25,27,30H,6-8,10-11,14-19,24H2,1-5H3,(H,41,43). The van der Waals surface area contributed by atoms with Gasteiger partial charge in [0, 0.05) is 43.2 Å². The minimum absolute atomic E-state index is 0.0545. The lowest BCUT2D eigenvalue weighted by Crippen LogP contribution is -2.52. The first kappa shape index (κ1) is 32.7. The second kappa shape index (κ2) is 13.5. The molecule has 2 aromatic heterocycles. The van der Waals surface area contributed by atoms with Crippen LogP contribution < -0.4 is 15.0 Å². The number of thiazole rings is 1. The Labute approximate surface area is 278 Å². The summed E-state index contributed by atoms with van der Waals surface area (Å²) in [5.41, 5.74) is 4.02. The summed E-state index contributed by atoms with van der Waals surface area (Å²) in [6.07, 6.45) is 14.4. The maximum atomic E-state index is 14.5. The van der Waals surface area contributed by atoms with Crippen LogP contribution in [0.4, 0.5) is 5.82 Å². The van der Waals surface area contributed by atoms with E-state index in [1.807, 2.05) is 25.4 Å². The smallest absolute Gasteiger partial charge is 0.231 e. The summed E-state index contributed by atoms with van der Waals surface area (Å²) >= 11 is 1.72. The van der Waals surface area contributed by atoms with Crippen LogP contribution in [0.15, 0.2) is 42.7 Å². The van der Waals surface area contributed by atoms with Gasteiger partial charge in [0.15, 0.2) is 0 Å². The van der Waals surface area contributed by atoms with Crippen LogP contribution in [0.2, 0.25) is 0 Å². The highest BCUT2D eigenvalue weighted by Crippen LogP contribution is 2.58. The van der Waals surface area contributed by atoms with E-state index < -0.39 is 0 Å². The number of anilines is 1. The molecule has 4 aliphatic carbocycles. The van der Waals surface area contributed by atoms with Crippen molar-refractivity contribution >= 4 is 29.0 Å². The van der Waals surface area contributed by atoms with Crippen molar-refractivity contribution in [1.82, 2.24) is 15.3 Å². The summed E-state index contributed by atoms with van der Waals surface area (Å²) in [4.78, 5) is 39.2. The molecule has 1 N–H and O–H groups in total. The van der Waals surface area contributed by atoms with E-state index in [9.17, 15) is 9.59 Å². The molecule has 0 saturated heterocycles. The van der Waals surface area contributed by atoms with Crippen LogP contribution in [0.5, 0.6) is 5.75 Å². The van der Waals surface area contributed by atoms with Crippen molar-refractivity contribution in [2.75, 3.05) is 18.6 Å². The van der Waals surface area contributed by atoms with Crippen LogP contribution in [-0.4, -0.2) is 41.5 Å². The summed E-state index contributed by atoms with van der Waals surface area (Å²) in [7, 11) is 1.74. The SMILES string of the molecule is CCC(=O)NC1CCC(C(=O)N(CC23CCC(c4ccc(OC)c(C)c4)(CC2)CC3)c2cc(-c3cnc(C(C)C)s3)ccn2)CC1. The normalized spacial score (nSPS) is 25.8. The van der Waals surface area contributed by atoms with Gasteiger partial charge in [-0.25, -0.2) is 9.97 Å². The maximum Gasteiger partial charge on any atom is 0.231 e. The van der Waals surface area contributed by atoms with E-state index in [1.165, 1.54) is 11.1 Å². The topological polar surface area (TPSA) is 84.4 Å². The summed E-state index contributed by atoms with van der Waals surface area (Å²) in [5.74, 6) is 2.31. The molecule has 46 heavy (non-hydrogen) atoms. The number of nitrogens with zero attached hydrogens (tertiary/aromatic N) is 3. The van der Waals surface area contributed by atoms with Crippen LogP contribution in [-0.2, 0) is 15.0 Å². The third kappa shape index (κ3) is 6.60. The Bertz CT molecular complexity index is 1530. The van der Waals surface area contributed by atoms with Crippen LogP contribution >= 0.6 is 11.3 Å². The molecule has 7 rings (SSSR count). The number of aromatic nitrogens is 2. The van der Waals surface area contributed by atoms with Gasteiger partial charge in [-0.3, -0.25) is 14.5 Å². The van der Waals surface area contributed by atoms with Gasteiger partial charge >= 0.3 is 0 Å². The number of amides is 2. The first-order valence-electron chi connectivity index (χ1n) is 17.3. The summed E-state index contributed by atoms with van der Waals surface area (Å²) in [6.45, 7) is 9.08. The number of aryl methyl sites for hydroxylation is 1. The van der Waals surface area contributed by atoms with Gasteiger partial charge in [-0.2, -0.15) is 0 Å². The number of nitrogens with one attached hydrogen (secondary N) is 1. The Hall–Kier alpha value is -3.26. The van der Waals surface area contributed by atoms with Crippen molar-refractivity contribution in [3.8, 4) is 16.2 Å². The molecule has 0 aliphatic heterocycles. The lowest BCUT2D eigenvalue weighted by molar-refractivity contribution is -0.124. The van der Waals surface area contributed by atoms with Gasteiger partial charge in [0.05, 0.1) is 17.0 Å². The molecule has 0 atom stereocenters. The molecule has 3 aromatic rings. The number of ether oxygens (including phenoxy) is 1. The van der Waals surface area contributed by atoms with Crippen molar-refractivity contribution < 1.29 is 14.3 Å². The number of carbonyl (C=O) groups excluding carboxylic acids is 2. The Morgan fingerprint density at radius 3 is 2.35 bits per heavy atom. The molecule has 2 amide bonds. The predicted octanol–water partition coefficient (Wildman–Crippen LogP) is 8.36. The lowest BCUT2D eigenvalue weighted by atomic mass is 9.51. The number of rotatable bonds is 10. The molecule has 0 unspecified atom stereocenters. The first-order valence-corrected chi connectivity index (χ1v) is 18.1. The summed E-state index contributed by atoms with van der Waals surface area (Å²) < 4.78 is 5.55. The van der Waals surface area contributed by atoms with Gasteiger partial charge in [0.25, 0.3) is 0 Å². The quantitative estimate of drug-likeness (QED) is 0.240. The van der Waals surface area contributed by atoms with Crippen LogP contribution in [0, 0.1) is 18.3 Å². The van der Waals surface area contributed by atoms with Crippen LogP contribution in [0.25, 0.3) is 10.4 Å². The Morgan fingerprint density at radius 2 is 1.74 bits per heavy atom. The minimum Gasteiger partial charge on any atom is -0.496 e. The van der Waals surface area contributed by atoms with Gasteiger partial charge < -0.3 is 10.1 Å². The summed E-state index contributed by atoms with van der Waals surface area (Å²) in [5, 5.41) is 4.27. The highest BCUT2D eigenvalue weighted by atomic mass is 32.1. The van der Waals surface area contributed by atoms with E-state index >= 15 is 0 Å². The largest absolute Gasteiger partial charge is 0.496 e. The molecular formula is C38H50N4O3S. The predicted molar refractivity (Wildman–Crippen MR) is 186 cm³/mol. The fourth-order valence-corrected chi connectivity index (χ4v) is 9.11. The zero-order chi connectivity index (χ0) is 32.5. The van der Waals surface area contributed by atoms with Gasteiger partial charge in [0.2, 0.25) is 11.8 Å². The van der Waals surface area contributed by atoms with E-state index in [-0.39, 0.29) is 34.6 Å². The Balaban J connectivity index is 1.24. The average molecular weight is 643 g/mol. The van der Waals surface area contributed by atoms with E-state index in [1.54, 1.807) is 18.4 Å². The van der Waals surface area contributed by atoms with Crippen molar-refractivity contribution in [3.05, 3.63) is 58.9 Å². The number of hydrogen-bond donors (Lipinski definition) is 1. The fourth-order valence-electron chi connectivity index (χ4n) is 8.19. The highest BCUT2D eigenvalue weighted by molar-refractivity contribution is 7.15. The second-order valence-electron chi connectivity index (χ2n) is 14.5. The number of carbonyl (C=O) groups is 2. The molecule has 246 valence electrons. The molecule has 7 nitrogen and oxygen atoms in total. The van der Waals surface area contributed by atoms with Gasteiger partial charge in [-0.15, -0.1) is 11.3 Å². The van der Waals surface area contributed by atoms with Gasteiger partial charge in [-0.05, 0) is 117 Å². The zero-order valence-electron chi connectivity index (χ0n) is 28.2. The maximum absolute atomic E-state index is 14.5. The molecule has 0 spiro atoms. The number of hydrogen-bond acceptors (Lipinski definition) is 6. The first-order chi connectivity index (χ1) is 22.1. The minimum atomic E-state index is -0.0545. The third-order valence-corrected chi connectivity index (χ3v) is 12.6. The number of pyridine rings is 1. The monoisotopic (exact) mass is 642 g/mol. The fraction of sp³-hybridized carbons (Fsp3) is 0.579. The molecule has 1 aromatic carbocycles. The zero-order valence-corrected chi connectivity index (χ0v) is 29.0. The van der Waals surface area contributed by atoms with E-state index in [0.29, 0.717) is 18.9 Å². The van der Waals surface area contributed by atoms with E-state index in [2.05, 4.69) is 60.2 Å². The molecule has 2 heterocycles. The van der Waals surface area contributed by atoms with Crippen LogP contribution in [0.1, 0.15) is 113 Å². The number of fused-ring (bicyclic) bond motifs is 3. The van der Waals surface area contributed by atoms with Crippen molar-refractivity contribution in [2.24, 2.45) is 11.3 Å². The van der Waals surface area contributed by atoms with Crippen molar-refractivity contribution in [1.29, 1.82) is 0 Å². The molecule has 4 aliphatic rings. The van der Waals surface area contributed by atoms with Gasteiger partial charge in [-0.1, -0.05) is 32.9 Å². The molecular weight excluding hydrogens is 593 g/mol. The molecule has 8 heteroatoms. The molecule has 4 saturated carbocycles. The highest BCUT2D eigenvalue weighted by Gasteiger charge is 2.51. The third-order valence-electron chi connectivity index (χ3n) is 11.3.